The third kappa shape index (κ3) is 5.22. The second-order valence-electron chi connectivity index (χ2n) is 9.84. The molecule has 6 rings (SSSR count). The van der Waals surface area contributed by atoms with Crippen LogP contribution >= 0.6 is 23.2 Å². The molecular formula is C32H22Cl2N2O6. The number of benzene rings is 4. The molecule has 1 heterocycles. The largest absolute Gasteiger partial charge is 0.449 e. The van der Waals surface area contributed by atoms with E-state index < -0.39 is 36.3 Å². The molecule has 1 unspecified atom stereocenters. The molecule has 10 heteroatoms. The second-order valence-corrected chi connectivity index (χ2v) is 10.7. The molecule has 3 amide bonds. The molecular weight excluding hydrogens is 579 g/mol. The second kappa shape index (κ2) is 11.3. The van der Waals surface area contributed by atoms with Crippen LogP contribution < -0.4 is 5.32 Å². The van der Waals surface area contributed by atoms with E-state index in [0.29, 0.717) is 10.6 Å². The van der Waals surface area contributed by atoms with Gasteiger partial charge in [0, 0.05) is 16.0 Å². The lowest BCUT2D eigenvalue weighted by atomic mass is 9.98. The molecule has 0 saturated heterocycles. The van der Waals surface area contributed by atoms with E-state index in [1.807, 2.05) is 48.5 Å². The number of hydrogen-bond donors (Lipinski definition) is 1. The van der Waals surface area contributed by atoms with Gasteiger partial charge in [-0.3, -0.25) is 9.59 Å². The fourth-order valence-electron chi connectivity index (χ4n) is 5.37. The normalized spacial score (nSPS) is 14.2. The number of hydroxylamine groups is 2. The van der Waals surface area contributed by atoms with E-state index >= 15 is 0 Å². The molecule has 42 heavy (non-hydrogen) atoms. The van der Waals surface area contributed by atoms with Gasteiger partial charge in [-0.05, 0) is 58.1 Å². The molecule has 4 aromatic carbocycles. The number of carbonyl (C=O) groups excluding carboxylic acids is 4. The van der Waals surface area contributed by atoms with Crippen molar-refractivity contribution in [2.45, 2.75) is 18.4 Å². The number of rotatable bonds is 7. The van der Waals surface area contributed by atoms with Gasteiger partial charge in [-0.15, -0.1) is 0 Å². The fraction of sp³-hybridized carbons (Fsp3) is 0.125. The van der Waals surface area contributed by atoms with Gasteiger partial charge in [0.2, 0.25) is 0 Å². The molecule has 1 aliphatic carbocycles. The Kier molecular flexibility index (Phi) is 7.41. The first-order valence-electron chi connectivity index (χ1n) is 13.1. The fourth-order valence-corrected chi connectivity index (χ4v) is 5.91. The van der Waals surface area contributed by atoms with Crippen molar-refractivity contribution >= 4 is 47.1 Å². The number of halogens is 2. The van der Waals surface area contributed by atoms with Crippen LogP contribution in [0, 0.1) is 0 Å². The first kappa shape index (κ1) is 27.5. The van der Waals surface area contributed by atoms with E-state index in [4.69, 9.17) is 32.8 Å². The minimum absolute atomic E-state index is 0.0579. The molecule has 0 radical (unpaired) electrons. The van der Waals surface area contributed by atoms with Crippen molar-refractivity contribution in [1.82, 2.24) is 10.4 Å². The zero-order valence-corrected chi connectivity index (χ0v) is 23.4. The van der Waals surface area contributed by atoms with Gasteiger partial charge in [0.1, 0.15) is 6.61 Å². The first-order valence-corrected chi connectivity index (χ1v) is 13.8. The van der Waals surface area contributed by atoms with Crippen molar-refractivity contribution in [1.29, 1.82) is 0 Å². The van der Waals surface area contributed by atoms with E-state index in [1.54, 1.807) is 12.1 Å². The van der Waals surface area contributed by atoms with Crippen LogP contribution in [0.5, 0.6) is 0 Å². The van der Waals surface area contributed by atoms with Gasteiger partial charge in [-0.1, -0.05) is 88.9 Å². The van der Waals surface area contributed by atoms with Gasteiger partial charge >= 0.3 is 12.1 Å². The van der Waals surface area contributed by atoms with Gasteiger partial charge < -0.3 is 14.9 Å². The number of alkyl carbamates (subject to hydrolysis) is 1. The van der Waals surface area contributed by atoms with Gasteiger partial charge in [-0.25, -0.2) is 9.59 Å². The summed E-state index contributed by atoms with van der Waals surface area (Å²) in [6.07, 6.45) is -1.24. The van der Waals surface area contributed by atoms with Crippen LogP contribution in [0.2, 0.25) is 10.0 Å². The highest BCUT2D eigenvalue weighted by atomic mass is 35.5. The molecule has 210 valence electrons. The standard InChI is InChI=1S/C32H22Cl2N2O6/c33-19-13-18(14-20(34)15-19)28(16-29(37)42-36-30(38)25-11-5-6-12-26(25)31(36)39)35-32(40)41-17-27-23-9-3-1-7-21(23)22-8-2-4-10-24(22)27/h1-15,27-28H,16-17H2,(H,35,40). The van der Waals surface area contributed by atoms with Crippen LogP contribution in [0.1, 0.15) is 55.8 Å². The number of imide groups is 1. The van der Waals surface area contributed by atoms with E-state index in [2.05, 4.69) is 5.32 Å². The summed E-state index contributed by atoms with van der Waals surface area (Å²) in [7, 11) is 0. The van der Waals surface area contributed by atoms with E-state index in [-0.39, 0.29) is 33.7 Å². The van der Waals surface area contributed by atoms with E-state index in [1.165, 1.54) is 30.3 Å². The Hall–Kier alpha value is -4.66. The molecule has 0 spiro atoms. The summed E-state index contributed by atoms with van der Waals surface area (Å²) in [5, 5.41) is 3.67. The van der Waals surface area contributed by atoms with Crippen LogP contribution in [0.25, 0.3) is 11.1 Å². The maximum absolute atomic E-state index is 13.1. The Labute approximate surface area is 250 Å². The van der Waals surface area contributed by atoms with Crippen LogP contribution in [0.3, 0.4) is 0 Å². The Bertz CT molecular complexity index is 1660. The minimum Gasteiger partial charge on any atom is -0.449 e. The van der Waals surface area contributed by atoms with Crippen LogP contribution in [0.4, 0.5) is 4.79 Å². The number of nitrogens with one attached hydrogen (secondary N) is 1. The first-order chi connectivity index (χ1) is 20.3. The van der Waals surface area contributed by atoms with Gasteiger partial charge in [0.15, 0.2) is 0 Å². The summed E-state index contributed by atoms with van der Waals surface area (Å²) in [4.78, 5) is 56.6. The van der Waals surface area contributed by atoms with Crippen molar-refractivity contribution in [3.63, 3.8) is 0 Å². The molecule has 0 aromatic heterocycles. The van der Waals surface area contributed by atoms with Crippen LogP contribution in [-0.2, 0) is 14.4 Å². The van der Waals surface area contributed by atoms with Gasteiger partial charge in [-0.2, -0.15) is 0 Å². The lowest BCUT2D eigenvalue weighted by Crippen LogP contribution is -2.36. The summed E-state index contributed by atoms with van der Waals surface area (Å²) in [5.74, 6) is -2.61. The lowest BCUT2D eigenvalue weighted by molar-refractivity contribution is -0.169. The van der Waals surface area contributed by atoms with Crippen LogP contribution in [0.15, 0.2) is 91.0 Å². The van der Waals surface area contributed by atoms with E-state index in [0.717, 1.165) is 22.3 Å². The maximum Gasteiger partial charge on any atom is 0.407 e. The Morgan fingerprint density at radius 2 is 1.26 bits per heavy atom. The summed E-state index contributed by atoms with van der Waals surface area (Å²) in [6.45, 7) is 0.0579. The van der Waals surface area contributed by atoms with Crippen molar-refractivity contribution < 1.29 is 28.8 Å². The van der Waals surface area contributed by atoms with Crippen LogP contribution in [-0.4, -0.2) is 35.5 Å². The van der Waals surface area contributed by atoms with Crippen molar-refractivity contribution in [2.24, 2.45) is 0 Å². The average Bonchev–Trinajstić information content (AvgIpc) is 3.42. The highest BCUT2D eigenvalue weighted by molar-refractivity contribution is 6.34. The van der Waals surface area contributed by atoms with E-state index in [9.17, 15) is 19.2 Å². The van der Waals surface area contributed by atoms with Gasteiger partial charge in [0.05, 0.1) is 23.6 Å². The molecule has 2 aliphatic rings. The number of amides is 3. The SMILES string of the molecule is O=C(CC(NC(=O)OCC1c2ccccc2-c2ccccc21)c1cc(Cl)cc(Cl)c1)ON1C(=O)c2ccccc2C1=O. The Balaban J connectivity index is 1.17. The molecule has 1 atom stereocenters. The quantitative estimate of drug-likeness (QED) is 0.236. The number of nitrogens with zero attached hydrogens (tertiary/aromatic N) is 1. The molecule has 1 aliphatic heterocycles. The van der Waals surface area contributed by atoms with Crippen molar-refractivity contribution in [3.05, 3.63) is 129 Å². The number of carbonyl (C=O) groups is 4. The minimum atomic E-state index is -1.00. The predicted molar refractivity (Wildman–Crippen MR) is 155 cm³/mol. The number of hydrogen-bond acceptors (Lipinski definition) is 6. The predicted octanol–water partition coefficient (Wildman–Crippen LogP) is 6.72. The molecule has 0 bridgehead atoms. The highest BCUT2D eigenvalue weighted by Gasteiger charge is 2.39. The Morgan fingerprint density at radius 3 is 1.81 bits per heavy atom. The monoisotopic (exact) mass is 600 g/mol. The summed E-state index contributed by atoms with van der Waals surface area (Å²) in [6, 6.07) is 25.6. The third-order valence-corrected chi connectivity index (χ3v) is 7.68. The zero-order valence-electron chi connectivity index (χ0n) is 21.9. The highest BCUT2D eigenvalue weighted by Crippen LogP contribution is 2.44. The smallest absolute Gasteiger partial charge is 0.407 e. The topological polar surface area (TPSA) is 102 Å². The lowest BCUT2D eigenvalue weighted by Gasteiger charge is -2.21. The average molecular weight is 601 g/mol. The molecule has 0 saturated carbocycles. The number of fused-ring (bicyclic) bond motifs is 4. The molecule has 1 N–H and O–H groups in total. The number of ether oxygens (including phenoxy) is 1. The summed E-state index contributed by atoms with van der Waals surface area (Å²) in [5.41, 5.74) is 4.94. The zero-order chi connectivity index (χ0) is 29.4. The molecule has 0 fully saturated rings. The third-order valence-electron chi connectivity index (χ3n) is 7.24. The summed E-state index contributed by atoms with van der Waals surface area (Å²) < 4.78 is 5.66. The molecule has 8 nitrogen and oxygen atoms in total. The maximum atomic E-state index is 13.1. The summed E-state index contributed by atoms with van der Waals surface area (Å²) >= 11 is 12.4. The van der Waals surface area contributed by atoms with Crippen molar-refractivity contribution in [2.75, 3.05) is 6.61 Å². The Morgan fingerprint density at radius 1 is 0.762 bits per heavy atom. The van der Waals surface area contributed by atoms with Gasteiger partial charge in [0.25, 0.3) is 11.8 Å². The van der Waals surface area contributed by atoms with Crippen molar-refractivity contribution in [3.8, 4) is 11.1 Å². The molecule has 4 aromatic rings.